The maximum atomic E-state index is 12.0. The van der Waals surface area contributed by atoms with Gasteiger partial charge in [-0.05, 0) is 6.42 Å². The van der Waals surface area contributed by atoms with Crippen LogP contribution in [0, 0.1) is 10.1 Å². The standard InChI is InChI=1S/C9H10ClN3O5S2/c10-9-6(13(15)16)3-8(19-9)20(17,18)11-4-5-1-2-7(14)12-5/h3,5,11H,1-2,4H2,(H,12,14). The fraction of sp³-hybridized carbons (Fsp3) is 0.444. The van der Waals surface area contributed by atoms with Crippen molar-refractivity contribution in [2.45, 2.75) is 23.1 Å². The van der Waals surface area contributed by atoms with Crippen molar-refractivity contribution < 1.29 is 18.1 Å². The van der Waals surface area contributed by atoms with E-state index in [0.717, 1.165) is 6.07 Å². The van der Waals surface area contributed by atoms with Crippen LogP contribution in [0.2, 0.25) is 4.34 Å². The molecule has 1 aliphatic rings. The van der Waals surface area contributed by atoms with Gasteiger partial charge >= 0.3 is 0 Å². The van der Waals surface area contributed by atoms with Crippen molar-refractivity contribution in [1.29, 1.82) is 0 Å². The minimum atomic E-state index is -3.87. The van der Waals surface area contributed by atoms with E-state index >= 15 is 0 Å². The van der Waals surface area contributed by atoms with Crippen LogP contribution in [0.4, 0.5) is 5.69 Å². The quantitative estimate of drug-likeness (QED) is 0.609. The molecule has 0 aromatic carbocycles. The van der Waals surface area contributed by atoms with Crippen LogP contribution in [0.5, 0.6) is 0 Å². The molecule has 0 saturated carbocycles. The number of nitrogens with one attached hydrogen (secondary N) is 2. The summed E-state index contributed by atoms with van der Waals surface area (Å²) in [6, 6.07) is 0.658. The first-order valence-electron chi connectivity index (χ1n) is 5.52. The number of thiophene rings is 1. The molecule has 1 saturated heterocycles. The van der Waals surface area contributed by atoms with Crippen LogP contribution in [0.25, 0.3) is 0 Å². The first-order chi connectivity index (χ1) is 9.29. The lowest BCUT2D eigenvalue weighted by Crippen LogP contribution is -2.38. The SMILES string of the molecule is O=C1CCC(CNS(=O)(=O)c2cc([N+](=O)[O-])c(Cl)s2)N1. The molecule has 2 rings (SSSR count). The summed E-state index contributed by atoms with van der Waals surface area (Å²) in [4.78, 5) is 20.9. The lowest BCUT2D eigenvalue weighted by Gasteiger charge is -2.10. The second-order valence-electron chi connectivity index (χ2n) is 4.14. The Bertz CT molecular complexity index is 657. The van der Waals surface area contributed by atoms with Crippen LogP contribution in [0.3, 0.4) is 0 Å². The molecule has 1 aromatic heterocycles. The maximum absolute atomic E-state index is 12.0. The Morgan fingerprint density at radius 2 is 2.30 bits per heavy atom. The van der Waals surface area contributed by atoms with E-state index in [1.807, 2.05) is 0 Å². The smallest absolute Gasteiger partial charge is 0.300 e. The van der Waals surface area contributed by atoms with Gasteiger partial charge in [-0.1, -0.05) is 11.6 Å². The summed E-state index contributed by atoms with van der Waals surface area (Å²) in [6.45, 7) is 0.0391. The highest BCUT2D eigenvalue weighted by atomic mass is 35.5. The van der Waals surface area contributed by atoms with Gasteiger partial charge < -0.3 is 5.32 Å². The molecule has 1 unspecified atom stereocenters. The van der Waals surface area contributed by atoms with Crippen molar-refractivity contribution in [2.75, 3.05) is 6.54 Å². The predicted molar refractivity (Wildman–Crippen MR) is 72.3 cm³/mol. The molecule has 1 amide bonds. The second kappa shape index (κ2) is 5.64. The maximum Gasteiger partial charge on any atom is 0.300 e. The molecule has 1 atom stereocenters. The third kappa shape index (κ3) is 3.26. The van der Waals surface area contributed by atoms with Crippen LogP contribution in [-0.2, 0) is 14.8 Å². The van der Waals surface area contributed by atoms with Gasteiger partial charge in [0.15, 0.2) is 4.34 Å². The highest BCUT2D eigenvalue weighted by Gasteiger charge is 2.27. The third-order valence-electron chi connectivity index (χ3n) is 2.71. The molecule has 1 aliphatic heterocycles. The molecule has 110 valence electrons. The molecule has 0 bridgehead atoms. The number of nitrogens with zero attached hydrogens (tertiary/aromatic N) is 1. The van der Waals surface area contributed by atoms with Gasteiger partial charge in [0.05, 0.1) is 4.92 Å². The van der Waals surface area contributed by atoms with Crippen molar-refractivity contribution in [3.63, 3.8) is 0 Å². The van der Waals surface area contributed by atoms with Gasteiger partial charge in [0.1, 0.15) is 4.21 Å². The van der Waals surface area contributed by atoms with Gasteiger partial charge in [-0.15, -0.1) is 11.3 Å². The topological polar surface area (TPSA) is 118 Å². The molecule has 2 N–H and O–H groups in total. The Labute approximate surface area is 123 Å². The molecule has 11 heteroatoms. The molecule has 1 fully saturated rings. The lowest BCUT2D eigenvalue weighted by molar-refractivity contribution is -0.384. The van der Waals surface area contributed by atoms with Crippen molar-refractivity contribution in [3.8, 4) is 0 Å². The van der Waals surface area contributed by atoms with Crippen molar-refractivity contribution in [1.82, 2.24) is 10.0 Å². The number of nitro groups is 1. The van der Waals surface area contributed by atoms with Crippen LogP contribution < -0.4 is 10.0 Å². The highest BCUT2D eigenvalue weighted by Crippen LogP contribution is 2.36. The predicted octanol–water partition coefficient (Wildman–Crippen LogP) is 0.867. The Kier molecular flexibility index (Phi) is 4.28. The fourth-order valence-corrected chi connectivity index (χ4v) is 4.50. The van der Waals surface area contributed by atoms with Gasteiger partial charge in [-0.2, -0.15) is 0 Å². The zero-order valence-corrected chi connectivity index (χ0v) is 12.3. The average Bonchev–Trinajstić information content (AvgIpc) is 2.93. The minimum Gasteiger partial charge on any atom is -0.352 e. The summed E-state index contributed by atoms with van der Waals surface area (Å²) in [5.74, 6) is -0.121. The van der Waals surface area contributed by atoms with Crippen LogP contribution >= 0.6 is 22.9 Å². The van der Waals surface area contributed by atoms with Crippen LogP contribution in [0.15, 0.2) is 10.3 Å². The summed E-state index contributed by atoms with van der Waals surface area (Å²) in [5, 5.41) is 13.2. The van der Waals surface area contributed by atoms with E-state index in [1.54, 1.807) is 0 Å². The van der Waals surface area contributed by atoms with Gasteiger partial charge in [-0.25, -0.2) is 13.1 Å². The Balaban J connectivity index is 2.08. The molecule has 0 spiro atoms. The Morgan fingerprint density at radius 1 is 1.60 bits per heavy atom. The zero-order valence-electron chi connectivity index (χ0n) is 9.96. The third-order valence-corrected chi connectivity index (χ3v) is 5.95. The van der Waals surface area contributed by atoms with Crippen molar-refractivity contribution >= 4 is 44.6 Å². The number of hydrogen-bond donors (Lipinski definition) is 2. The van der Waals surface area contributed by atoms with Gasteiger partial charge in [0.2, 0.25) is 15.9 Å². The van der Waals surface area contributed by atoms with Crippen LogP contribution in [-0.4, -0.2) is 31.8 Å². The number of amides is 1. The molecule has 1 aromatic rings. The summed E-state index contributed by atoms with van der Waals surface area (Å²) >= 11 is 6.24. The number of hydrogen-bond acceptors (Lipinski definition) is 6. The fourth-order valence-electron chi connectivity index (χ4n) is 1.71. The Morgan fingerprint density at radius 3 is 2.80 bits per heavy atom. The average molecular weight is 340 g/mol. The van der Waals surface area contributed by atoms with Crippen molar-refractivity contribution in [3.05, 3.63) is 20.5 Å². The normalized spacial score (nSPS) is 19.1. The largest absolute Gasteiger partial charge is 0.352 e. The summed E-state index contributed by atoms with van der Waals surface area (Å²) in [6.07, 6.45) is 0.912. The van der Waals surface area contributed by atoms with E-state index in [1.165, 1.54) is 0 Å². The van der Waals surface area contributed by atoms with Crippen molar-refractivity contribution in [2.24, 2.45) is 0 Å². The zero-order chi connectivity index (χ0) is 14.9. The Hall–Kier alpha value is -1.23. The first-order valence-corrected chi connectivity index (χ1v) is 8.20. The number of sulfonamides is 1. The van der Waals surface area contributed by atoms with Crippen LogP contribution in [0.1, 0.15) is 12.8 Å². The number of carbonyl (C=O) groups excluding carboxylic acids is 1. The highest BCUT2D eigenvalue weighted by molar-refractivity contribution is 7.91. The summed E-state index contributed by atoms with van der Waals surface area (Å²) < 4.78 is 25.8. The summed E-state index contributed by atoms with van der Waals surface area (Å²) in [5.41, 5.74) is -0.439. The summed E-state index contributed by atoms with van der Waals surface area (Å²) in [7, 11) is -3.87. The molecule has 0 aliphatic carbocycles. The number of rotatable bonds is 5. The van der Waals surface area contributed by atoms with Gasteiger partial charge in [-0.3, -0.25) is 14.9 Å². The number of carbonyl (C=O) groups is 1. The monoisotopic (exact) mass is 339 g/mol. The van der Waals surface area contributed by atoms with E-state index in [-0.39, 0.29) is 27.0 Å². The molecule has 2 heterocycles. The van der Waals surface area contributed by atoms with E-state index in [4.69, 9.17) is 11.6 Å². The van der Waals surface area contributed by atoms with E-state index in [9.17, 15) is 23.3 Å². The van der Waals surface area contributed by atoms with E-state index in [0.29, 0.717) is 24.2 Å². The second-order valence-corrected chi connectivity index (χ2v) is 7.78. The molecular formula is C9H10ClN3O5S2. The molecule has 8 nitrogen and oxygen atoms in total. The minimum absolute atomic E-state index is 0.0391. The van der Waals surface area contributed by atoms with Gasteiger partial charge in [0.25, 0.3) is 5.69 Å². The van der Waals surface area contributed by atoms with E-state index in [2.05, 4.69) is 10.0 Å². The molecular weight excluding hydrogens is 330 g/mol. The van der Waals surface area contributed by atoms with Gasteiger partial charge in [0, 0.05) is 25.1 Å². The molecule has 0 radical (unpaired) electrons. The van der Waals surface area contributed by atoms with E-state index < -0.39 is 20.6 Å². The first kappa shape index (κ1) is 15.2. The lowest BCUT2D eigenvalue weighted by atomic mass is 10.2. The number of halogens is 1. The molecule has 20 heavy (non-hydrogen) atoms.